The van der Waals surface area contributed by atoms with E-state index in [4.69, 9.17) is 5.73 Å². The first-order valence-electron chi connectivity index (χ1n) is 5.71. The second-order valence-corrected chi connectivity index (χ2v) is 6.81. The zero-order valence-electron chi connectivity index (χ0n) is 10.7. The number of hydrogen-bond acceptors (Lipinski definition) is 5. The van der Waals surface area contributed by atoms with Gasteiger partial charge in [-0.3, -0.25) is 9.97 Å². The standard InChI is InChI=1S/C12H13BrN4O2S/c1-8-5-16-10(6-15-8)7-17-20(18,19)12-3-2-9(13)4-11(12)14/h2-6,17H,7,14H2,1H3. The van der Waals surface area contributed by atoms with Crippen LogP contribution >= 0.6 is 15.9 Å². The van der Waals surface area contributed by atoms with E-state index in [1.807, 2.05) is 6.92 Å². The summed E-state index contributed by atoms with van der Waals surface area (Å²) in [6.07, 6.45) is 3.11. The van der Waals surface area contributed by atoms with Gasteiger partial charge in [-0.15, -0.1) is 0 Å². The minimum absolute atomic E-state index is 0.0424. The smallest absolute Gasteiger partial charge is 0.242 e. The third kappa shape index (κ3) is 3.53. The van der Waals surface area contributed by atoms with Crippen LogP contribution < -0.4 is 10.5 Å². The predicted octanol–water partition coefficient (Wildman–Crippen LogP) is 1.61. The summed E-state index contributed by atoms with van der Waals surface area (Å²) in [5.41, 5.74) is 7.21. The van der Waals surface area contributed by atoms with Crippen molar-refractivity contribution < 1.29 is 8.42 Å². The summed E-state index contributed by atoms with van der Waals surface area (Å²) < 4.78 is 27.5. The number of hydrogen-bond donors (Lipinski definition) is 2. The van der Waals surface area contributed by atoms with Crippen molar-refractivity contribution in [3.8, 4) is 0 Å². The highest BCUT2D eigenvalue weighted by Crippen LogP contribution is 2.22. The summed E-state index contributed by atoms with van der Waals surface area (Å²) in [6.45, 7) is 1.87. The van der Waals surface area contributed by atoms with Gasteiger partial charge in [0.1, 0.15) is 4.90 Å². The molecule has 0 amide bonds. The Hall–Kier alpha value is -1.51. The fourth-order valence-electron chi connectivity index (χ4n) is 1.52. The van der Waals surface area contributed by atoms with E-state index in [0.717, 1.165) is 10.2 Å². The summed E-state index contributed by atoms with van der Waals surface area (Å²) in [5, 5.41) is 0. The molecule has 0 spiro atoms. The molecular formula is C12H13BrN4O2S. The van der Waals surface area contributed by atoms with Gasteiger partial charge in [0.05, 0.1) is 29.8 Å². The monoisotopic (exact) mass is 356 g/mol. The number of nitrogens with one attached hydrogen (secondary N) is 1. The Morgan fingerprint density at radius 2 is 2.05 bits per heavy atom. The van der Waals surface area contributed by atoms with Crippen LogP contribution in [0.2, 0.25) is 0 Å². The van der Waals surface area contributed by atoms with Gasteiger partial charge < -0.3 is 5.73 Å². The van der Waals surface area contributed by atoms with Crippen molar-refractivity contribution in [3.05, 3.63) is 46.5 Å². The summed E-state index contributed by atoms with van der Waals surface area (Å²) in [4.78, 5) is 8.18. The van der Waals surface area contributed by atoms with Gasteiger partial charge in [0, 0.05) is 10.7 Å². The van der Waals surface area contributed by atoms with Crippen LogP contribution in [-0.2, 0) is 16.6 Å². The zero-order chi connectivity index (χ0) is 14.8. The van der Waals surface area contributed by atoms with Crippen LogP contribution in [0.3, 0.4) is 0 Å². The van der Waals surface area contributed by atoms with Gasteiger partial charge in [-0.05, 0) is 25.1 Å². The van der Waals surface area contributed by atoms with E-state index in [2.05, 4.69) is 30.6 Å². The SMILES string of the molecule is Cc1cnc(CNS(=O)(=O)c2ccc(Br)cc2N)cn1. The second kappa shape index (κ2) is 5.86. The molecule has 20 heavy (non-hydrogen) atoms. The molecule has 0 saturated carbocycles. The number of anilines is 1. The maximum atomic E-state index is 12.1. The molecular weight excluding hydrogens is 344 g/mol. The van der Waals surface area contributed by atoms with Crippen molar-refractivity contribution in [1.29, 1.82) is 0 Å². The number of benzene rings is 1. The lowest BCUT2D eigenvalue weighted by atomic mass is 10.3. The van der Waals surface area contributed by atoms with Crippen molar-refractivity contribution in [3.63, 3.8) is 0 Å². The van der Waals surface area contributed by atoms with Crippen LogP contribution in [0.1, 0.15) is 11.4 Å². The molecule has 8 heteroatoms. The molecule has 1 aromatic heterocycles. The molecule has 0 saturated heterocycles. The zero-order valence-corrected chi connectivity index (χ0v) is 13.1. The van der Waals surface area contributed by atoms with Crippen LogP contribution in [0.4, 0.5) is 5.69 Å². The van der Waals surface area contributed by atoms with E-state index >= 15 is 0 Å². The van der Waals surface area contributed by atoms with Crippen molar-refractivity contribution in [2.45, 2.75) is 18.4 Å². The molecule has 6 nitrogen and oxygen atoms in total. The van der Waals surface area contributed by atoms with Gasteiger partial charge in [0.15, 0.2) is 0 Å². The Labute approximate surface area is 125 Å². The molecule has 0 bridgehead atoms. The van der Waals surface area contributed by atoms with E-state index in [1.54, 1.807) is 18.3 Å². The Morgan fingerprint density at radius 1 is 1.30 bits per heavy atom. The Bertz CT molecular complexity index is 717. The van der Waals surface area contributed by atoms with Gasteiger partial charge in [-0.25, -0.2) is 13.1 Å². The molecule has 1 aromatic carbocycles. The number of rotatable bonds is 4. The summed E-state index contributed by atoms with van der Waals surface area (Å²) in [7, 11) is -3.68. The first kappa shape index (κ1) is 14.9. The molecule has 1 heterocycles. The van der Waals surface area contributed by atoms with Crippen molar-refractivity contribution in [1.82, 2.24) is 14.7 Å². The first-order chi connectivity index (χ1) is 9.38. The lowest BCUT2D eigenvalue weighted by Crippen LogP contribution is -2.24. The fourth-order valence-corrected chi connectivity index (χ4v) is 3.01. The van der Waals surface area contributed by atoms with E-state index in [1.165, 1.54) is 12.3 Å². The van der Waals surface area contributed by atoms with Crippen LogP contribution in [0.5, 0.6) is 0 Å². The number of sulfonamides is 1. The Morgan fingerprint density at radius 3 is 2.65 bits per heavy atom. The number of aromatic nitrogens is 2. The quantitative estimate of drug-likeness (QED) is 0.810. The molecule has 0 aliphatic carbocycles. The lowest BCUT2D eigenvalue weighted by molar-refractivity contribution is 0.580. The second-order valence-electron chi connectivity index (χ2n) is 4.16. The highest BCUT2D eigenvalue weighted by Gasteiger charge is 2.17. The molecule has 2 aromatic rings. The molecule has 0 fully saturated rings. The third-order valence-corrected chi connectivity index (χ3v) is 4.51. The fraction of sp³-hybridized carbons (Fsp3) is 0.167. The molecule has 0 aliphatic heterocycles. The molecule has 106 valence electrons. The molecule has 0 atom stereocenters. The molecule has 3 N–H and O–H groups in total. The lowest BCUT2D eigenvalue weighted by Gasteiger charge is -2.09. The first-order valence-corrected chi connectivity index (χ1v) is 7.98. The van der Waals surface area contributed by atoms with Crippen LogP contribution in [0.25, 0.3) is 0 Å². The highest BCUT2D eigenvalue weighted by atomic mass is 79.9. The number of nitrogens with two attached hydrogens (primary N) is 1. The van der Waals surface area contributed by atoms with Gasteiger partial charge in [-0.2, -0.15) is 0 Å². The van der Waals surface area contributed by atoms with Crippen LogP contribution in [-0.4, -0.2) is 18.4 Å². The van der Waals surface area contributed by atoms with E-state index in [0.29, 0.717) is 5.69 Å². The van der Waals surface area contributed by atoms with E-state index in [9.17, 15) is 8.42 Å². The van der Waals surface area contributed by atoms with Gasteiger partial charge in [0.2, 0.25) is 10.0 Å². The molecule has 0 aliphatic rings. The van der Waals surface area contributed by atoms with Crippen LogP contribution in [0, 0.1) is 6.92 Å². The normalized spacial score (nSPS) is 11.5. The third-order valence-electron chi connectivity index (χ3n) is 2.54. The summed E-state index contributed by atoms with van der Waals surface area (Å²) >= 11 is 3.23. The summed E-state index contributed by atoms with van der Waals surface area (Å²) in [6, 6.07) is 4.61. The molecule has 0 unspecified atom stereocenters. The minimum atomic E-state index is -3.68. The number of nitrogens with zero attached hydrogens (tertiary/aromatic N) is 2. The molecule has 2 rings (SSSR count). The average Bonchev–Trinajstić information content (AvgIpc) is 2.37. The maximum absolute atomic E-state index is 12.1. The highest BCUT2D eigenvalue weighted by molar-refractivity contribution is 9.10. The Balaban J connectivity index is 2.17. The van der Waals surface area contributed by atoms with Crippen molar-refractivity contribution in [2.24, 2.45) is 0 Å². The van der Waals surface area contributed by atoms with Gasteiger partial charge >= 0.3 is 0 Å². The number of nitrogen functional groups attached to an aromatic ring is 1. The summed E-state index contributed by atoms with van der Waals surface area (Å²) in [5.74, 6) is 0. The van der Waals surface area contributed by atoms with Crippen molar-refractivity contribution in [2.75, 3.05) is 5.73 Å². The predicted molar refractivity (Wildman–Crippen MR) is 79.3 cm³/mol. The topological polar surface area (TPSA) is 98.0 Å². The maximum Gasteiger partial charge on any atom is 0.242 e. The average molecular weight is 357 g/mol. The van der Waals surface area contributed by atoms with Crippen molar-refractivity contribution >= 4 is 31.6 Å². The Kier molecular flexibility index (Phi) is 4.36. The van der Waals surface area contributed by atoms with Gasteiger partial charge in [0.25, 0.3) is 0 Å². The van der Waals surface area contributed by atoms with E-state index < -0.39 is 10.0 Å². The van der Waals surface area contributed by atoms with Gasteiger partial charge in [-0.1, -0.05) is 15.9 Å². The number of halogens is 1. The number of aryl methyl sites for hydroxylation is 1. The minimum Gasteiger partial charge on any atom is -0.398 e. The molecule has 0 radical (unpaired) electrons. The van der Waals surface area contributed by atoms with E-state index in [-0.39, 0.29) is 17.1 Å². The largest absolute Gasteiger partial charge is 0.398 e. The van der Waals surface area contributed by atoms with Crippen LogP contribution in [0.15, 0.2) is 40.0 Å².